The molecule has 3 fully saturated rings. The number of hydrogen-bond acceptors (Lipinski definition) is 27. The molecule has 2 aromatic heterocycles. The summed E-state index contributed by atoms with van der Waals surface area (Å²) in [5.74, 6) is -24.4. The number of carbonyl (C=O) groups excluding carboxylic acids is 16. The third-order valence-electron chi connectivity index (χ3n) is 23.9. The standard InChI is InChI=1S/C92H124N22O25S2/c1-50(115)78(108-86(134)63(99-51(2)116)37-55-42-97-59-19-10-8-17-57(55)59)89(137)109-79(92(3,4)5)90(138)107-69-49-141-140-48-68(88(136)105-67(91(139)114-26-14-22-70(114)80(95)128)38-56-43-98-60-20-11-9-18-58(56)60)106-85(133)66(41-74(120)121)104-81(129)61(21-12-13-25-96-73(119)44-110-27-29-111(45-75(122)123)31-33-113(47-77(126)127)34-32-112(30-28-110)46-76(124)125)100-82(130)62(36-52-23-24-53-15-6-7-16-54(53)35-52)101-83(131)64(39-71(93)117)102-84(132)65(40-72(94)118)103-87(69)135/h6-11,15-20,23-24,35,42-43,50,61-70,78-79,97-98,115H,12-14,21-22,25-34,36-41,44-49H2,1-5H3,(H2,93,117)(H2,94,118)(H2,95,128)(H,96,119)(H,99,116)(H,100,130)(H,101,131)(H,102,132)(H,103,135)(H,104,129)(H,105,136)(H,106,133)(H,107,138)(H,108,134)(H,109,137)(H,120,121)(H,122,123)(H,124,125)(H,126,127)/t50-,61+,62+,63+,64+,65+,66+,67+,68+,69+,70+,78+,79-/m1/s1. The largest absolute Gasteiger partial charge is 0.481 e. The molecular formula is C92H124N22O25S2. The number of nitrogens with two attached hydrogens (primary N) is 3. The Morgan fingerprint density at radius 2 is 0.972 bits per heavy atom. The second kappa shape index (κ2) is 52.9. The number of aliphatic hydroxyl groups is 1. The molecular weight excluding hydrogens is 1880 g/mol. The van der Waals surface area contributed by atoms with Crippen LogP contribution in [0.3, 0.4) is 0 Å². The number of aliphatic carboxylic acids is 4. The van der Waals surface area contributed by atoms with Gasteiger partial charge in [-0.3, -0.25) is 115 Å². The summed E-state index contributed by atoms with van der Waals surface area (Å²) in [6.45, 7) is 5.70. The SMILES string of the molecule is CC(=O)N[C@@H](Cc1c[nH]c2ccccc12)C(=O)N[C@H](C(=O)N[C@H](C(=O)N[C@H]1CSSC[C@@H](C(=O)N[C@@H](Cc2c[nH]c3ccccc23)C(=O)N2CCC[C@H]2C(N)=O)NC(=O)[C@H](CC(=O)O)NC(=O)[C@H](CCCCNC(=O)CN2CCN(CC(=O)O)CCN(CC(=O)O)CCN(CC(=O)O)CC2)NC(=O)[C@H](Cc2ccc3ccccc3c2)NC(=O)[C@H](CC(N)=O)NC(=O)[C@H](CC(N)=O)NC1=O)C(C)(C)C)[C@@H](C)O. The van der Waals surface area contributed by atoms with E-state index in [4.69, 9.17) is 17.2 Å². The van der Waals surface area contributed by atoms with Gasteiger partial charge in [-0.15, -0.1) is 0 Å². The zero-order valence-corrected chi connectivity index (χ0v) is 80.2. The number of aromatic amines is 2. The number of unbranched alkanes of at least 4 members (excludes halogenated alkanes) is 1. The molecule has 0 radical (unpaired) electrons. The van der Waals surface area contributed by atoms with E-state index in [1.807, 2.05) is 0 Å². The number of likely N-dealkylation sites (tertiary alicyclic amines) is 1. The topological polar surface area (TPSA) is 713 Å². The van der Waals surface area contributed by atoms with Gasteiger partial charge in [-0.2, -0.15) is 0 Å². The highest BCUT2D eigenvalue weighted by molar-refractivity contribution is 8.76. The number of carboxylic acid groups (broad SMARTS) is 4. The Kier molecular flexibility index (Phi) is 41.6. The van der Waals surface area contributed by atoms with Gasteiger partial charge in [-0.1, -0.05) is 121 Å². The monoisotopic (exact) mass is 2000 g/mol. The molecule has 13 atom stereocenters. The second-order valence-corrected chi connectivity index (χ2v) is 38.6. The summed E-state index contributed by atoms with van der Waals surface area (Å²) in [7, 11) is 1.34. The van der Waals surface area contributed by atoms with Crippen molar-refractivity contribution in [3.05, 3.63) is 120 Å². The minimum atomic E-state index is -2.21. The second-order valence-electron chi connectivity index (χ2n) is 36.0. The molecule has 4 aromatic carbocycles. The number of carboxylic acids is 4. The van der Waals surface area contributed by atoms with Crippen LogP contribution in [0.1, 0.15) is 103 Å². The summed E-state index contributed by atoms with van der Waals surface area (Å²) in [4.78, 5) is 296. The van der Waals surface area contributed by atoms with Crippen LogP contribution in [0.2, 0.25) is 0 Å². The fourth-order valence-electron chi connectivity index (χ4n) is 16.6. The van der Waals surface area contributed by atoms with Crippen LogP contribution < -0.4 is 81.0 Å². The first-order valence-corrected chi connectivity index (χ1v) is 48.4. The normalized spacial score (nSPS) is 21.0. The Morgan fingerprint density at radius 1 is 0.496 bits per heavy atom. The first-order valence-electron chi connectivity index (χ1n) is 45.9. The number of aromatic nitrogens is 2. The number of nitrogens with one attached hydrogen (secondary N) is 14. The maximum absolute atomic E-state index is 15.6. The maximum Gasteiger partial charge on any atom is 0.317 e. The van der Waals surface area contributed by atoms with E-state index in [9.17, 15) is 83.1 Å². The van der Waals surface area contributed by atoms with Gasteiger partial charge in [0.2, 0.25) is 94.5 Å². The van der Waals surface area contributed by atoms with Crippen molar-refractivity contribution >= 4 is 173 Å². The van der Waals surface area contributed by atoms with E-state index < -0.39 is 266 Å². The molecule has 0 unspecified atom stereocenters. The van der Waals surface area contributed by atoms with E-state index in [2.05, 4.69) is 73.8 Å². The van der Waals surface area contributed by atoms with Crippen LogP contribution in [0, 0.1) is 5.41 Å². The van der Waals surface area contributed by atoms with Gasteiger partial charge in [-0.05, 0) is 84.0 Å². The lowest BCUT2D eigenvalue weighted by Gasteiger charge is -2.34. The fourth-order valence-corrected chi connectivity index (χ4v) is 18.9. The lowest BCUT2D eigenvalue weighted by molar-refractivity contribution is -0.142. The van der Waals surface area contributed by atoms with E-state index in [0.29, 0.717) is 77.3 Å². The van der Waals surface area contributed by atoms with E-state index in [1.165, 1.54) is 25.7 Å². The predicted molar refractivity (Wildman–Crippen MR) is 514 cm³/mol. The molecule has 141 heavy (non-hydrogen) atoms. The van der Waals surface area contributed by atoms with Crippen molar-refractivity contribution in [2.24, 2.45) is 22.6 Å². The third-order valence-corrected chi connectivity index (χ3v) is 26.3. The summed E-state index contributed by atoms with van der Waals surface area (Å²) in [6.07, 6.45) is -2.92. The quantitative estimate of drug-likeness (QED) is 0.0129. The average Bonchev–Trinajstić information content (AvgIpc) is 1.70. The van der Waals surface area contributed by atoms with E-state index in [0.717, 1.165) is 13.8 Å². The molecule has 0 aliphatic carbocycles. The predicted octanol–water partition coefficient (Wildman–Crippen LogP) is -4.53. The number of nitrogens with zero attached hydrogens (tertiary/aromatic N) is 5. The van der Waals surface area contributed by atoms with Crippen LogP contribution in [-0.2, 0) is 115 Å². The Bertz CT molecular complexity index is 5530. The molecule has 764 valence electrons. The van der Waals surface area contributed by atoms with Crippen molar-refractivity contribution in [2.75, 3.05) is 103 Å². The van der Waals surface area contributed by atoms with Gasteiger partial charge in [0, 0.05) is 137 Å². The molecule has 3 aliphatic rings. The van der Waals surface area contributed by atoms with Gasteiger partial charge in [0.05, 0.1) is 51.5 Å². The Morgan fingerprint density at radius 3 is 1.49 bits per heavy atom. The molecule has 9 rings (SSSR count). The van der Waals surface area contributed by atoms with Gasteiger partial charge >= 0.3 is 23.9 Å². The lowest BCUT2D eigenvalue weighted by atomic mass is 9.85. The molecule has 5 heterocycles. The Balaban J connectivity index is 1.08. The van der Waals surface area contributed by atoms with Crippen molar-refractivity contribution < 1.29 is 121 Å². The highest BCUT2D eigenvalue weighted by Gasteiger charge is 2.44. The molecule has 0 bridgehead atoms. The number of fused-ring (bicyclic) bond motifs is 3. The van der Waals surface area contributed by atoms with Crippen LogP contribution in [-0.4, -0.2) is 360 Å². The third kappa shape index (κ3) is 34.6. The van der Waals surface area contributed by atoms with Crippen LogP contribution in [0.4, 0.5) is 0 Å². The number of para-hydroxylation sites is 2. The van der Waals surface area contributed by atoms with Crippen molar-refractivity contribution in [1.82, 2.24) is 98.3 Å². The first-order chi connectivity index (χ1) is 66.9. The fraction of sp³-hybridized carbons (Fsp3) is 0.500. The smallest absolute Gasteiger partial charge is 0.317 e. The summed E-state index contributed by atoms with van der Waals surface area (Å²) in [5.41, 5.74) is 18.7. The van der Waals surface area contributed by atoms with Crippen molar-refractivity contribution in [3.63, 3.8) is 0 Å². The van der Waals surface area contributed by atoms with Crippen LogP contribution >= 0.6 is 21.6 Å². The lowest BCUT2D eigenvalue weighted by Crippen LogP contribution is -2.64. The number of primary amides is 3. The number of amides is 16. The molecule has 25 N–H and O–H groups in total. The van der Waals surface area contributed by atoms with Crippen LogP contribution in [0.25, 0.3) is 32.6 Å². The number of benzene rings is 4. The number of rotatable bonds is 37. The Hall–Kier alpha value is -13.9. The summed E-state index contributed by atoms with van der Waals surface area (Å²) >= 11 is 0. The summed E-state index contributed by atoms with van der Waals surface area (Å²) < 4.78 is 0. The van der Waals surface area contributed by atoms with Crippen molar-refractivity contribution in [3.8, 4) is 0 Å². The van der Waals surface area contributed by atoms with Gasteiger partial charge < -0.3 is 121 Å². The van der Waals surface area contributed by atoms with Crippen molar-refractivity contribution in [1.29, 1.82) is 0 Å². The van der Waals surface area contributed by atoms with Gasteiger partial charge in [0.25, 0.3) is 0 Å². The first kappa shape index (κ1) is 111. The molecule has 6 aromatic rings. The zero-order valence-electron chi connectivity index (χ0n) is 78.6. The highest BCUT2D eigenvalue weighted by Crippen LogP contribution is 2.29. The highest BCUT2D eigenvalue weighted by atomic mass is 33.1. The van der Waals surface area contributed by atoms with Gasteiger partial charge in [-0.25, -0.2) is 0 Å². The summed E-state index contributed by atoms with van der Waals surface area (Å²) in [6, 6.07) is 4.04. The van der Waals surface area contributed by atoms with Crippen LogP contribution in [0.5, 0.6) is 0 Å². The number of H-pyrrole nitrogens is 2. The minimum absolute atomic E-state index is 0.000175. The van der Waals surface area contributed by atoms with E-state index >= 15 is 38.4 Å². The molecule has 16 amide bonds. The van der Waals surface area contributed by atoms with E-state index in [-0.39, 0.29) is 104 Å². The number of carbonyl (C=O) groups is 20. The maximum atomic E-state index is 15.6. The van der Waals surface area contributed by atoms with E-state index in [1.54, 1.807) is 123 Å². The molecule has 3 saturated heterocycles. The number of aliphatic hydroxyl groups excluding tert-OH is 1. The average molecular weight is 2000 g/mol. The van der Waals surface area contributed by atoms with Gasteiger partial charge in [0.15, 0.2) is 0 Å². The number of hydrogen-bond donors (Lipinski definition) is 22. The Labute approximate surface area is 817 Å². The van der Waals surface area contributed by atoms with Crippen molar-refractivity contribution in [2.45, 2.75) is 184 Å². The molecule has 0 spiro atoms. The zero-order chi connectivity index (χ0) is 103. The minimum Gasteiger partial charge on any atom is -0.481 e. The summed E-state index contributed by atoms with van der Waals surface area (Å²) in [5, 5.41) is 84.1. The molecule has 47 nitrogen and oxygen atoms in total. The molecule has 49 heteroatoms. The molecule has 3 aliphatic heterocycles. The molecule has 0 saturated carbocycles. The van der Waals surface area contributed by atoms with Gasteiger partial charge in [0.1, 0.15) is 72.5 Å². The van der Waals surface area contributed by atoms with Crippen LogP contribution in [0.15, 0.2) is 103 Å².